The second-order valence-electron chi connectivity index (χ2n) is 3.02. The lowest BCUT2D eigenvalue weighted by Gasteiger charge is -1.97. The first-order valence-electron chi connectivity index (χ1n) is 4.34. The van der Waals surface area contributed by atoms with Crippen LogP contribution in [0, 0.1) is 6.92 Å². The van der Waals surface area contributed by atoms with Crippen LogP contribution in [-0.4, -0.2) is 10.1 Å². The number of nitrogens with one attached hydrogen (secondary N) is 1. The fourth-order valence-electron chi connectivity index (χ4n) is 1.11. The van der Waals surface area contributed by atoms with Crippen LogP contribution in [0.4, 0.5) is 0 Å². The van der Waals surface area contributed by atoms with Crippen molar-refractivity contribution in [3.63, 3.8) is 0 Å². The van der Waals surface area contributed by atoms with Crippen molar-refractivity contribution in [3.05, 3.63) is 34.1 Å². The van der Waals surface area contributed by atoms with Crippen molar-refractivity contribution in [1.29, 1.82) is 0 Å². The highest BCUT2D eigenvalue weighted by Gasteiger charge is 1.99. The zero-order chi connectivity index (χ0) is 9.80. The van der Waals surface area contributed by atoms with Crippen LogP contribution >= 0.6 is 11.3 Å². The van der Waals surface area contributed by atoms with Crippen LogP contribution in [0.3, 0.4) is 0 Å². The standard InChI is InChI=1S/C9H11N3OS/c1-7-6-14-9(12-7)4-10-2-8-3-11-13-5-8/h3,5-6,10H,2,4H2,1H3. The zero-order valence-electron chi connectivity index (χ0n) is 7.86. The lowest BCUT2D eigenvalue weighted by molar-refractivity contribution is 0.418. The Balaban J connectivity index is 1.78. The van der Waals surface area contributed by atoms with Gasteiger partial charge in [0.15, 0.2) is 0 Å². The molecule has 0 radical (unpaired) electrons. The van der Waals surface area contributed by atoms with Crippen LogP contribution in [0.5, 0.6) is 0 Å². The second-order valence-corrected chi connectivity index (χ2v) is 3.96. The van der Waals surface area contributed by atoms with Gasteiger partial charge in [-0.25, -0.2) is 4.98 Å². The van der Waals surface area contributed by atoms with Gasteiger partial charge in [-0.2, -0.15) is 0 Å². The molecule has 5 heteroatoms. The van der Waals surface area contributed by atoms with E-state index in [9.17, 15) is 0 Å². The molecule has 2 aromatic heterocycles. The van der Waals surface area contributed by atoms with E-state index in [-0.39, 0.29) is 0 Å². The molecule has 4 nitrogen and oxygen atoms in total. The van der Waals surface area contributed by atoms with Crippen LogP contribution in [0.15, 0.2) is 22.4 Å². The molecule has 0 atom stereocenters. The van der Waals surface area contributed by atoms with E-state index >= 15 is 0 Å². The van der Waals surface area contributed by atoms with Crippen LogP contribution in [0.1, 0.15) is 16.3 Å². The molecule has 0 bridgehead atoms. The van der Waals surface area contributed by atoms with Gasteiger partial charge in [-0.15, -0.1) is 11.3 Å². The third-order valence-corrected chi connectivity index (χ3v) is 2.72. The first-order chi connectivity index (χ1) is 6.84. The van der Waals surface area contributed by atoms with Crippen molar-refractivity contribution in [1.82, 2.24) is 15.5 Å². The minimum Gasteiger partial charge on any atom is -0.364 e. The summed E-state index contributed by atoms with van der Waals surface area (Å²) in [5.41, 5.74) is 2.13. The van der Waals surface area contributed by atoms with E-state index in [0.717, 1.165) is 29.4 Å². The molecule has 0 aliphatic rings. The van der Waals surface area contributed by atoms with Gasteiger partial charge in [-0.05, 0) is 6.92 Å². The van der Waals surface area contributed by atoms with E-state index < -0.39 is 0 Å². The smallest absolute Gasteiger partial charge is 0.128 e. The molecule has 0 unspecified atom stereocenters. The fourth-order valence-corrected chi connectivity index (χ4v) is 1.85. The van der Waals surface area contributed by atoms with Crippen molar-refractivity contribution in [2.45, 2.75) is 20.0 Å². The summed E-state index contributed by atoms with van der Waals surface area (Å²) in [6.07, 6.45) is 3.35. The van der Waals surface area contributed by atoms with Crippen molar-refractivity contribution >= 4 is 11.3 Å². The molecule has 0 spiro atoms. The van der Waals surface area contributed by atoms with Crippen molar-refractivity contribution in [2.75, 3.05) is 0 Å². The van der Waals surface area contributed by atoms with Crippen LogP contribution in [-0.2, 0) is 13.1 Å². The molecule has 2 heterocycles. The SMILES string of the molecule is Cc1csc(CNCc2cnoc2)n1. The highest BCUT2D eigenvalue weighted by molar-refractivity contribution is 7.09. The summed E-state index contributed by atoms with van der Waals surface area (Å²) in [5.74, 6) is 0. The maximum atomic E-state index is 4.72. The van der Waals surface area contributed by atoms with Gasteiger partial charge in [-0.3, -0.25) is 0 Å². The van der Waals surface area contributed by atoms with Crippen LogP contribution in [0.2, 0.25) is 0 Å². The Bertz CT molecular complexity index is 382. The van der Waals surface area contributed by atoms with Gasteiger partial charge >= 0.3 is 0 Å². The van der Waals surface area contributed by atoms with Gasteiger partial charge in [0.1, 0.15) is 11.3 Å². The maximum Gasteiger partial charge on any atom is 0.128 e. The molecule has 0 amide bonds. The van der Waals surface area contributed by atoms with Crippen LogP contribution in [0.25, 0.3) is 0 Å². The summed E-state index contributed by atoms with van der Waals surface area (Å²) in [4.78, 5) is 4.35. The molecule has 74 valence electrons. The quantitative estimate of drug-likeness (QED) is 0.833. The van der Waals surface area contributed by atoms with Gasteiger partial charge in [0, 0.05) is 29.7 Å². The first kappa shape index (κ1) is 9.36. The van der Waals surface area contributed by atoms with E-state index in [2.05, 4.69) is 20.8 Å². The third-order valence-electron chi connectivity index (χ3n) is 1.76. The van der Waals surface area contributed by atoms with Crippen molar-refractivity contribution in [2.24, 2.45) is 0 Å². The summed E-state index contributed by atoms with van der Waals surface area (Å²) < 4.78 is 4.72. The first-order valence-corrected chi connectivity index (χ1v) is 5.22. The average Bonchev–Trinajstić information content (AvgIpc) is 2.77. The summed E-state index contributed by atoms with van der Waals surface area (Å²) in [5, 5.41) is 10.1. The lowest BCUT2D eigenvalue weighted by atomic mass is 10.4. The molecule has 0 aliphatic heterocycles. The Morgan fingerprint density at radius 3 is 3.07 bits per heavy atom. The maximum absolute atomic E-state index is 4.72. The monoisotopic (exact) mass is 209 g/mol. The molecular weight excluding hydrogens is 198 g/mol. The molecule has 14 heavy (non-hydrogen) atoms. The fraction of sp³-hybridized carbons (Fsp3) is 0.333. The molecule has 0 aromatic carbocycles. The summed E-state index contributed by atoms with van der Waals surface area (Å²) >= 11 is 1.67. The predicted molar refractivity (Wildman–Crippen MR) is 53.9 cm³/mol. The summed E-state index contributed by atoms with van der Waals surface area (Å²) in [6, 6.07) is 0. The Hall–Kier alpha value is -1.20. The highest BCUT2D eigenvalue weighted by Crippen LogP contribution is 2.08. The van der Waals surface area contributed by atoms with Gasteiger partial charge in [0.25, 0.3) is 0 Å². The van der Waals surface area contributed by atoms with Crippen molar-refractivity contribution in [3.8, 4) is 0 Å². The van der Waals surface area contributed by atoms with Gasteiger partial charge in [0.2, 0.25) is 0 Å². The highest BCUT2D eigenvalue weighted by atomic mass is 32.1. The van der Waals surface area contributed by atoms with E-state index in [0.29, 0.717) is 0 Å². The second kappa shape index (κ2) is 4.34. The topological polar surface area (TPSA) is 51.0 Å². The number of aryl methyl sites for hydroxylation is 1. The van der Waals surface area contributed by atoms with Crippen LogP contribution < -0.4 is 5.32 Å². The normalized spacial score (nSPS) is 10.6. The van der Waals surface area contributed by atoms with Gasteiger partial charge < -0.3 is 9.84 Å². The predicted octanol–water partition coefficient (Wildman–Crippen LogP) is 1.73. The number of rotatable bonds is 4. The molecule has 0 aliphatic carbocycles. The molecule has 0 saturated heterocycles. The van der Waals surface area contributed by atoms with Crippen molar-refractivity contribution < 1.29 is 4.52 Å². The molecule has 2 aromatic rings. The minimum atomic E-state index is 0.766. The number of aromatic nitrogens is 2. The summed E-state index contributed by atoms with van der Waals surface area (Å²) in [7, 11) is 0. The average molecular weight is 209 g/mol. The zero-order valence-corrected chi connectivity index (χ0v) is 8.67. The Morgan fingerprint density at radius 1 is 1.50 bits per heavy atom. The number of hydrogen-bond acceptors (Lipinski definition) is 5. The van der Waals surface area contributed by atoms with E-state index in [1.54, 1.807) is 23.8 Å². The number of hydrogen-bond donors (Lipinski definition) is 1. The summed E-state index contributed by atoms with van der Waals surface area (Å²) in [6.45, 7) is 3.56. The number of nitrogens with zero attached hydrogens (tertiary/aromatic N) is 2. The van der Waals surface area contributed by atoms with E-state index in [1.807, 2.05) is 6.92 Å². The third kappa shape index (κ3) is 2.40. The minimum absolute atomic E-state index is 0.766. The largest absolute Gasteiger partial charge is 0.364 e. The molecule has 0 saturated carbocycles. The van der Waals surface area contributed by atoms with E-state index in [1.165, 1.54) is 0 Å². The molecular formula is C9H11N3OS. The van der Waals surface area contributed by atoms with Gasteiger partial charge in [0.05, 0.1) is 6.20 Å². The lowest BCUT2D eigenvalue weighted by Crippen LogP contribution is -2.11. The Labute approximate surface area is 86.0 Å². The Morgan fingerprint density at radius 2 is 2.43 bits per heavy atom. The number of thiazole rings is 1. The molecule has 2 rings (SSSR count). The molecule has 1 N–H and O–H groups in total. The van der Waals surface area contributed by atoms with Gasteiger partial charge in [-0.1, -0.05) is 5.16 Å². The van der Waals surface area contributed by atoms with E-state index in [4.69, 9.17) is 4.52 Å². The molecule has 0 fully saturated rings. The Kier molecular flexibility index (Phi) is 2.90.